The minimum absolute atomic E-state index is 0.0618. The number of methoxy groups -OCH3 is 2. The van der Waals surface area contributed by atoms with E-state index in [1.54, 1.807) is 26.4 Å². The molecule has 1 N–H and O–H groups in total. The first-order chi connectivity index (χ1) is 17.1. The Balaban J connectivity index is 1.22. The smallest absolute Gasteiger partial charge is 0.261 e. The largest absolute Gasteiger partial charge is 0.496 e. The monoisotopic (exact) mass is 492 g/mol. The molecule has 0 spiro atoms. The fraction of sp³-hybridized carbons (Fsp3) is 0.720. The Morgan fingerprint density at radius 3 is 2.23 bits per heavy atom. The number of carbonyl (C=O) groups excluding carboxylic acids is 1. The van der Waals surface area contributed by atoms with Crippen molar-refractivity contribution in [1.82, 2.24) is 19.6 Å². The number of hydrogen-bond donors (Lipinski definition) is 1. The SMILES string of the molecule is COc1cccc(OC)c1C(=O)N1CCN(C[C@@H]2CN(C[C@H](O)CN3CCOCC3)CCO2)CC1. The van der Waals surface area contributed by atoms with Crippen LogP contribution < -0.4 is 9.47 Å². The number of aliphatic hydroxyl groups excluding tert-OH is 1. The van der Waals surface area contributed by atoms with E-state index in [4.69, 9.17) is 18.9 Å². The van der Waals surface area contributed by atoms with Crippen LogP contribution in [-0.2, 0) is 9.47 Å². The molecule has 3 fully saturated rings. The fourth-order valence-corrected chi connectivity index (χ4v) is 5.14. The number of carbonyl (C=O) groups is 1. The van der Waals surface area contributed by atoms with Crippen LogP contribution in [0.4, 0.5) is 0 Å². The summed E-state index contributed by atoms with van der Waals surface area (Å²) < 4.78 is 22.3. The van der Waals surface area contributed by atoms with E-state index >= 15 is 0 Å². The van der Waals surface area contributed by atoms with Crippen molar-refractivity contribution in [3.63, 3.8) is 0 Å². The van der Waals surface area contributed by atoms with Crippen molar-refractivity contribution >= 4 is 5.91 Å². The van der Waals surface area contributed by atoms with Crippen LogP contribution in [-0.4, -0.2) is 149 Å². The predicted octanol–water partition coefficient (Wildman–Crippen LogP) is -0.144. The summed E-state index contributed by atoms with van der Waals surface area (Å²) in [6.07, 6.45) is -0.260. The van der Waals surface area contributed by atoms with Crippen LogP contribution in [0.2, 0.25) is 0 Å². The van der Waals surface area contributed by atoms with Crippen LogP contribution in [0, 0.1) is 0 Å². The molecule has 3 heterocycles. The van der Waals surface area contributed by atoms with E-state index in [2.05, 4.69) is 14.7 Å². The maximum atomic E-state index is 13.2. The van der Waals surface area contributed by atoms with Gasteiger partial charge in [0.05, 0.1) is 46.2 Å². The third kappa shape index (κ3) is 7.05. The van der Waals surface area contributed by atoms with Gasteiger partial charge in [-0.1, -0.05) is 6.07 Å². The summed E-state index contributed by atoms with van der Waals surface area (Å²) in [5.41, 5.74) is 0.479. The van der Waals surface area contributed by atoms with Crippen LogP contribution in [0.3, 0.4) is 0 Å². The van der Waals surface area contributed by atoms with Gasteiger partial charge in [0.1, 0.15) is 17.1 Å². The molecule has 196 valence electrons. The Morgan fingerprint density at radius 2 is 1.57 bits per heavy atom. The molecule has 0 saturated carbocycles. The van der Waals surface area contributed by atoms with Gasteiger partial charge in [0.2, 0.25) is 0 Å². The number of rotatable bonds is 9. The molecular formula is C25H40N4O6. The standard InChI is InChI=1S/C25H40N4O6/c1-32-22-4-3-5-23(33-2)24(22)25(31)29-8-6-26(7-9-29)18-21-19-28(12-15-35-21)17-20(30)16-27-10-13-34-14-11-27/h3-5,20-21,30H,6-19H2,1-2H3/t20-,21-/m1/s1. The average molecular weight is 493 g/mol. The van der Waals surface area contributed by atoms with Gasteiger partial charge in [-0.2, -0.15) is 0 Å². The highest BCUT2D eigenvalue weighted by atomic mass is 16.5. The average Bonchev–Trinajstić information content (AvgIpc) is 2.89. The van der Waals surface area contributed by atoms with Gasteiger partial charge in [0.25, 0.3) is 5.91 Å². The highest BCUT2D eigenvalue weighted by Gasteiger charge is 2.30. The number of morpholine rings is 2. The molecule has 1 amide bonds. The predicted molar refractivity (Wildman–Crippen MR) is 131 cm³/mol. The second-order valence-corrected chi connectivity index (χ2v) is 9.45. The molecule has 3 aliphatic heterocycles. The Labute approximate surface area is 208 Å². The summed E-state index contributed by atoms with van der Waals surface area (Å²) in [6, 6.07) is 5.40. The summed E-state index contributed by atoms with van der Waals surface area (Å²) in [6.45, 7) is 10.7. The maximum Gasteiger partial charge on any atom is 0.261 e. The number of amides is 1. The highest BCUT2D eigenvalue weighted by Crippen LogP contribution is 2.30. The summed E-state index contributed by atoms with van der Waals surface area (Å²) in [7, 11) is 3.14. The Bertz CT molecular complexity index is 791. The van der Waals surface area contributed by atoms with Gasteiger partial charge in [-0.05, 0) is 12.1 Å². The normalized spacial score (nSPS) is 23.7. The lowest BCUT2D eigenvalue weighted by molar-refractivity contribution is -0.0605. The second-order valence-electron chi connectivity index (χ2n) is 9.45. The third-order valence-corrected chi connectivity index (χ3v) is 7.03. The number of nitrogens with zero attached hydrogens (tertiary/aromatic N) is 4. The van der Waals surface area contributed by atoms with Crippen molar-refractivity contribution in [2.45, 2.75) is 12.2 Å². The molecule has 2 atom stereocenters. The van der Waals surface area contributed by atoms with Gasteiger partial charge in [-0.25, -0.2) is 0 Å². The Hall–Kier alpha value is -1.95. The minimum Gasteiger partial charge on any atom is -0.496 e. The summed E-state index contributed by atoms with van der Waals surface area (Å²) in [5.74, 6) is 1.000. The lowest BCUT2D eigenvalue weighted by Gasteiger charge is -2.40. The van der Waals surface area contributed by atoms with Crippen molar-refractivity contribution in [3.8, 4) is 11.5 Å². The van der Waals surface area contributed by atoms with Gasteiger partial charge < -0.3 is 29.0 Å². The van der Waals surface area contributed by atoms with Crippen LogP contribution in [0.25, 0.3) is 0 Å². The molecule has 4 rings (SSSR count). The second kappa shape index (κ2) is 12.8. The number of ether oxygens (including phenoxy) is 4. The number of β-amino-alcohol motifs (C(OH)–C–C–N with tert-alkyl or cyclic N) is 1. The number of hydrogen-bond acceptors (Lipinski definition) is 9. The van der Waals surface area contributed by atoms with E-state index in [1.165, 1.54) is 0 Å². The molecule has 0 bridgehead atoms. The molecule has 0 aliphatic carbocycles. The molecule has 0 unspecified atom stereocenters. The third-order valence-electron chi connectivity index (χ3n) is 7.03. The van der Waals surface area contributed by atoms with Crippen LogP contribution in [0.1, 0.15) is 10.4 Å². The molecule has 0 radical (unpaired) electrons. The first-order valence-electron chi connectivity index (χ1n) is 12.6. The highest BCUT2D eigenvalue weighted by molar-refractivity contribution is 5.99. The first-order valence-corrected chi connectivity index (χ1v) is 12.6. The molecule has 3 saturated heterocycles. The van der Waals surface area contributed by atoms with Gasteiger partial charge in [0, 0.05) is 72.0 Å². The molecule has 10 heteroatoms. The van der Waals surface area contributed by atoms with Gasteiger partial charge in [-0.3, -0.25) is 19.5 Å². The van der Waals surface area contributed by atoms with Gasteiger partial charge in [0.15, 0.2) is 0 Å². The van der Waals surface area contributed by atoms with Crippen molar-refractivity contribution in [1.29, 1.82) is 0 Å². The fourth-order valence-electron chi connectivity index (χ4n) is 5.14. The van der Waals surface area contributed by atoms with E-state index in [-0.39, 0.29) is 18.1 Å². The Kier molecular flexibility index (Phi) is 9.59. The van der Waals surface area contributed by atoms with Crippen molar-refractivity contribution < 1.29 is 28.8 Å². The topological polar surface area (TPSA) is 87.2 Å². The van der Waals surface area contributed by atoms with Gasteiger partial charge in [-0.15, -0.1) is 0 Å². The van der Waals surface area contributed by atoms with Crippen LogP contribution >= 0.6 is 0 Å². The number of benzene rings is 1. The zero-order valence-electron chi connectivity index (χ0n) is 21.1. The molecule has 10 nitrogen and oxygen atoms in total. The van der Waals surface area contributed by atoms with Gasteiger partial charge >= 0.3 is 0 Å². The van der Waals surface area contributed by atoms with Crippen LogP contribution in [0.5, 0.6) is 11.5 Å². The van der Waals surface area contributed by atoms with Crippen molar-refractivity contribution in [2.75, 3.05) is 106 Å². The van der Waals surface area contributed by atoms with E-state index in [0.29, 0.717) is 49.8 Å². The summed E-state index contributed by atoms with van der Waals surface area (Å²) in [4.78, 5) is 22.0. The zero-order chi connectivity index (χ0) is 24.6. The van der Waals surface area contributed by atoms with Crippen LogP contribution in [0.15, 0.2) is 18.2 Å². The molecule has 1 aromatic rings. The number of piperazine rings is 1. The quantitative estimate of drug-likeness (QED) is 0.506. The summed E-state index contributed by atoms with van der Waals surface area (Å²) >= 11 is 0. The lowest BCUT2D eigenvalue weighted by atomic mass is 10.1. The summed E-state index contributed by atoms with van der Waals surface area (Å²) in [5, 5.41) is 10.6. The van der Waals surface area contributed by atoms with Crippen molar-refractivity contribution in [3.05, 3.63) is 23.8 Å². The Morgan fingerprint density at radius 1 is 0.943 bits per heavy atom. The molecule has 35 heavy (non-hydrogen) atoms. The number of aliphatic hydroxyl groups is 1. The molecular weight excluding hydrogens is 452 g/mol. The molecule has 1 aromatic carbocycles. The lowest BCUT2D eigenvalue weighted by Crippen LogP contribution is -2.54. The van der Waals surface area contributed by atoms with E-state index in [9.17, 15) is 9.90 Å². The first kappa shape index (κ1) is 26.1. The van der Waals surface area contributed by atoms with E-state index in [0.717, 1.165) is 59.0 Å². The molecule has 0 aromatic heterocycles. The minimum atomic E-state index is -0.367. The van der Waals surface area contributed by atoms with Crippen molar-refractivity contribution in [2.24, 2.45) is 0 Å². The zero-order valence-corrected chi connectivity index (χ0v) is 21.1. The molecule has 3 aliphatic rings. The van der Waals surface area contributed by atoms with E-state index < -0.39 is 0 Å². The van der Waals surface area contributed by atoms with E-state index in [1.807, 2.05) is 11.0 Å². The maximum absolute atomic E-state index is 13.2.